The summed E-state index contributed by atoms with van der Waals surface area (Å²) in [6, 6.07) is 9.24. The van der Waals surface area contributed by atoms with Crippen LogP contribution in [0, 0.1) is 6.92 Å². The van der Waals surface area contributed by atoms with Gasteiger partial charge in [-0.1, -0.05) is 6.07 Å². The number of aromatic nitrogens is 4. The number of nitrogens with one attached hydrogen (secondary N) is 2. The molecule has 9 heteroatoms. The molecule has 3 heterocycles. The molecule has 1 fully saturated rings. The van der Waals surface area contributed by atoms with Crippen LogP contribution in [0.4, 0.5) is 16.3 Å². The summed E-state index contributed by atoms with van der Waals surface area (Å²) in [6.07, 6.45) is 3.22. The summed E-state index contributed by atoms with van der Waals surface area (Å²) in [6.45, 7) is 3.60. The lowest BCUT2D eigenvalue weighted by Gasteiger charge is -2.33. The van der Waals surface area contributed by atoms with E-state index in [4.69, 9.17) is 4.74 Å². The molecule has 28 heavy (non-hydrogen) atoms. The van der Waals surface area contributed by atoms with Gasteiger partial charge in [0.25, 0.3) is 5.78 Å². The van der Waals surface area contributed by atoms with Crippen LogP contribution in [0.25, 0.3) is 5.78 Å². The van der Waals surface area contributed by atoms with Gasteiger partial charge in [-0.3, -0.25) is 0 Å². The minimum absolute atomic E-state index is 0.121. The largest absolute Gasteiger partial charge is 0.497 e. The van der Waals surface area contributed by atoms with Gasteiger partial charge in [-0.05, 0) is 31.9 Å². The van der Waals surface area contributed by atoms with Crippen LogP contribution >= 0.6 is 0 Å². The monoisotopic (exact) mass is 381 g/mol. The number of carbonyl (C=O) groups excluding carboxylic acids is 1. The Morgan fingerprint density at radius 3 is 2.86 bits per heavy atom. The molecule has 0 radical (unpaired) electrons. The molecule has 3 aromatic rings. The Balaban J connectivity index is 1.35. The van der Waals surface area contributed by atoms with E-state index in [1.165, 1.54) is 6.33 Å². The Labute approximate surface area is 162 Å². The second-order valence-corrected chi connectivity index (χ2v) is 6.82. The van der Waals surface area contributed by atoms with E-state index in [0.717, 1.165) is 37.4 Å². The highest BCUT2D eigenvalue weighted by Gasteiger charge is 2.23. The zero-order valence-electron chi connectivity index (χ0n) is 15.9. The maximum atomic E-state index is 12.3. The van der Waals surface area contributed by atoms with E-state index >= 15 is 0 Å². The minimum atomic E-state index is -0.204. The molecule has 0 spiro atoms. The van der Waals surface area contributed by atoms with Crippen LogP contribution in [-0.2, 0) is 0 Å². The summed E-state index contributed by atoms with van der Waals surface area (Å²) >= 11 is 0. The molecular formula is C19H23N7O2. The molecule has 1 saturated heterocycles. The fraction of sp³-hybridized carbons (Fsp3) is 0.368. The predicted molar refractivity (Wildman–Crippen MR) is 106 cm³/mol. The summed E-state index contributed by atoms with van der Waals surface area (Å²) in [7, 11) is 1.60. The van der Waals surface area contributed by atoms with Crippen LogP contribution in [-0.4, -0.2) is 51.9 Å². The summed E-state index contributed by atoms with van der Waals surface area (Å²) in [4.78, 5) is 23.1. The smallest absolute Gasteiger partial charge is 0.319 e. The Bertz CT molecular complexity index is 979. The molecule has 0 unspecified atom stereocenters. The molecule has 0 aliphatic carbocycles. The van der Waals surface area contributed by atoms with E-state index in [-0.39, 0.29) is 12.1 Å². The number of rotatable bonds is 4. The fourth-order valence-electron chi connectivity index (χ4n) is 3.44. The number of urea groups is 1. The Morgan fingerprint density at radius 2 is 2.07 bits per heavy atom. The number of anilines is 2. The molecule has 4 rings (SSSR count). The first kappa shape index (κ1) is 18.0. The molecule has 1 aliphatic rings. The van der Waals surface area contributed by atoms with Gasteiger partial charge < -0.3 is 20.3 Å². The van der Waals surface area contributed by atoms with Crippen molar-refractivity contribution < 1.29 is 9.53 Å². The first-order valence-corrected chi connectivity index (χ1v) is 9.26. The lowest BCUT2D eigenvalue weighted by molar-refractivity contribution is 0.246. The first-order valence-electron chi connectivity index (χ1n) is 9.26. The lowest BCUT2D eigenvalue weighted by Crippen LogP contribution is -2.46. The second-order valence-electron chi connectivity index (χ2n) is 6.82. The van der Waals surface area contributed by atoms with Crippen molar-refractivity contribution in [3.63, 3.8) is 0 Å². The number of fused-ring (bicyclic) bond motifs is 1. The number of hydrogen-bond donors (Lipinski definition) is 2. The average molecular weight is 381 g/mol. The van der Waals surface area contributed by atoms with Crippen molar-refractivity contribution in [1.29, 1.82) is 0 Å². The fourth-order valence-corrected chi connectivity index (χ4v) is 3.44. The van der Waals surface area contributed by atoms with E-state index in [0.29, 0.717) is 17.2 Å². The maximum Gasteiger partial charge on any atom is 0.319 e. The third kappa shape index (κ3) is 3.83. The number of carbonyl (C=O) groups is 1. The van der Waals surface area contributed by atoms with Gasteiger partial charge in [-0.15, -0.1) is 0 Å². The number of aryl methyl sites for hydroxylation is 1. The molecule has 2 amide bonds. The topological polar surface area (TPSA) is 96.7 Å². The van der Waals surface area contributed by atoms with Gasteiger partial charge in [0.2, 0.25) is 0 Å². The number of amides is 2. The standard InChI is InChI=1S/C19H23N7O2/c1-13-10-17(26-18(22-13)20-12-21-26)25-8-6-14(7-9-25)23-19(27)24-15-4-3-5-16(11-15)28-2/h3-5,10-12,14H,6-9H2,1-2H3,(H2,23,24,27). The Kier molecular flexibility index (Phi) is 4.96. The molecule has 2 aromatic heterocycles. The molecule has 1 aromatic carbocycles. The van der Waals surface area contributed by atoms with Crippen molar-refractivity contribution in [2.24, 2.45) is 0 Å². The van der Waals surface area contributed by atoms with E-state index in [2.05, 4.69) is 30.6 Å². The Morgan fingerprint density at radius 1 is 1.25 bits per heavy atom. The molecule has 146 valence electrons. The van der Waals surface area contributed by atoms with Crippen LogP contribution in [0.1, 0.15) is 18.5 Å². The van der Waals surface area contributed by atoms with Gasteiger partial charge in [0.05, 0.1) is 7.11 Å². The van der Waals surface area contributed by atoms with Crippen molar-refractivity contribution in [1.82, 2.24) is 24.9 Å². The molecule has 9 nitrogen and oxygen atoms in total. The van der Waals surface area contributed by atoms with Gasteiger partial charge in [0.1, 0.15) is 17.9 Å². The van der Waals surface area contributed by atoms with Gasteiger partial charge in [-0.2, -0.15) is 14.6 Å². The van der Waals surface area contributed by atoms with Crippen LogP contribution < -0.4 is 20.3 Å². The van der Waals surface area contributed by atoms with Gasteiger partial charge in [0.15, 0.2) is 0 Å². The predicted octanol–water partition coefficient (Wildman–Crippen LogP) is 2.23. The zero-order chi connectivity index (χ0) is 19.5. The van der Waals surface area contributed by atoms with E-state index in [9.17, 15) is 4.79 Å². The first-order chi connectivity index (χ1) is 13.6. The normalized spacial score (nSPS) is 14.9. The molecule has 0 bridgehead atoms. The van der Waals surface area contributed by atoms with Crippen LogP contribution in [0.2, 0.25) is 0 Å². The van der Waals surface area contributed by atoms with E-state index in [1.54, 1.807) is 17.7 Å². The minimum Gasteiger partial charge on any atom is -0.497 e. The highest BCUT2D eigenvalue weighted by Crippen LogP contribution is 2.21. The second kappa shape index (κ2) is 7.71. The van der Waals surface area contributed by atoms with Crippen molar-refractivity contribution in [2.75, 3.05) is 30.4 Å². The molecular weight excluding hydrogens is 358 g/mol. The van der Waals surface area contributed by atoms with Crippen molar-refractivity contribution in [3.8, 4) is 5.75 Å². The van der Waals surface area contributed by atoms with E-state index in [1.807, 2.05) is 31.2 Å². The van der Waals surface area contributed by atoms with Crippen molar-refractivity contribution in [2.45, 2.75) is 25.8 Å². The SMILES string of the molecule is COc1cccc(NC(=O)NC2CCN(c3cc(C)nc4ncnn34)CC2)c1. The van der Waals surface area contributed by atoms with Crippen LogP contribution in [0.15, 0.2) is 36.7 Å². The van der Waals surface area contributed by atoms with Gasteiger partial charge in [0, 0.05) is 42.6 Å². The highest BCUT2D eigenvalue weighted by molar-refractivity contribution is 5.89. The van der Waals surface area contributed by atoms with Crippen LogP contribution in [0.5, 0.6) is 5.75 Å². The third-order valence-corrected chi connectivity index (χ3v) is 4.84. The van der Waals surface area contributed by atoms with Crippen molar-refractivity contribution >= 4 is 23.3 Å². The van der Waals surface area contributed by atoms with Gasteiger partial charge >= 0.3 is 6.03 Å². The summed E-state index contributed by atoms with van der Waals surface area (Å²) in [5.41, 5.74) is 1.61. The average Bonchev–Trinajstić information content (AvgIpc) is 3.16. The molecule has 1 aliphatic heterocycles. The lowest BCUT2D eigenvalue weighted by atomic mass is 10.1. The maximum absolute atomic E-state index is 12.3. The van der Waals surface area contributed by atoms with Crippen molar-refractivity contribution in [3.05, 3.63) is 42.4 Å². The molecule has 0 saturated carbocycles. The number of hydrogen-bond acceptors (Lipinski definition) is 6. The number of benzene rings is 1. The van der Waals surface area contributed by atoms with E-state index < -0.39 is 0 Å². The summed E-state index contributed by atoms with van der Waals surface area (Å²) in [5, 5.41) is 10.2. The zero-order valence-corrected chi connectivity index (χ0v) is 15.9. The molecule has 2 N–H and O–H groups in total. The highest BCUT2D eigenvalue weighted by atomic mass is 16.5. The third-order valence-electron chi connectivity index (χ3n) is 4.84. The number of nitrogens with zero attached hydrogens (tertiary/aromatic N) is 5. The Hall–Kier alpha value is -3.36. The molecule has 0 atom stereocenters. The summed E-state index contributed by atoms with van der Waals surface area (Å²) in [5.74, 6) is 2.30. The quantitative estimate of drug-likeness (QED) is 0.719. The number of piperidine rings is 1. The van der Waals surface area contributed by atoms with Gasteiger partial charge in [-0.25, -0.2) is 9.78 Å². The number of methoxy groups -OCH3 is 1. The summed E-state index contributed by atoms with van der Waals surface area (Å²) < 4.78 is 6.94. The number of ether oxygens (including phenoxy) is 1. The van der Waals surface area contributed by atoms with Crippen LogP contribution in [0.3, 0.4) is 0 Å².